The van der Waals surface area contributed by atoms with E-state index >= 15 is 0 Å². The fraction of sp³-hybridized carbons (Fsp3) is 0.0351. The van der Waals surface area contributed by atoms with Crippen LogP contribution in [-0.4, -0.2) is 29.5 Å². The molecule has 8 heteroatoms. The second-order valence-electron chi connectivity index (χ2n) is 15.8. The van der Waals surface area contributed by atoms with Crippen LogP contribution in [0.5, 0.6) is 0 Å². The third-order valence-electron chi connectivity index (χ3n) is 11.6. The third-order valence-corrected chi connectivity index (χ3v) is 11.6. The molecule has 0 saturated carbocycles. The minimum atomic E-state index is 0.443. The smallest absolute Gasteiger partial charge is 0.238 e. The topological polar surface area (TPSA) is 85.8 Å². The Balaban J connectivity index is 0.987. The highest BCUT2D eigenvalue weighted by molar-refractivity contribution is 6.10. The quantitative estimate of drug-likeness (QED) is 0.120. The Labute approximate surface area is 375 Å². The van der Waals surface area contributed by atoms with Gasteiger partial charge in [0.05, 0.1) is 16.7 Å². The summed E-state index contributed by atoms with van der Waals surface area (Å²) in [7, 11) is 0. The van der Waals surface area contributed by atoms with Crippen molar-refractivity contribution in [2.75, 3.05) is 4.90 Å². The lowest BCUT2D eigenvalue weighted by Crippen LogP contribution is -2.17. The standard InChI is InChI=1S/C57H41N7O/c1-3-16-39(27-26-38(2)63(45-21-11-6-12-22-45)57-60-37-59-56(62-57)43-29-31-52-48(33-43)55-53(65-52)25-15-32-58-55)42-28-30-47-46-23-13-14-24-50(46)64(51(47)35-42)54-36-44(40-17-7-4-8-18-40)34-49(61-54)41-19-9-5-10-20-41/h4-37H,2-3H2,1H3/b27-26-,39-16+. The summed E-state index contributed by atoms with van der Waals surface area (Å²) in [5.74, 6) is 1.82. The summed E-state index contributed by atoms with van der Waals surface area (Å²) >= 11 is 0. The van der Waals surface area contributed by atoms with Gasteiger partial charge in [0.25, 0.3) is 0 Å². The molecule has 0 saturated heterocycles. The second-order valence-corrected chi connectivity index (χ2v) is 15.8. The van der Waals surface area contributed by atoms with Crippen LogP contribution in [-0.2, 0) is 0 Å². The average molecular weight is 840 g/mol. The van der Waals surface area contributed by atoms with Crippen molar-refractivity contribution in [3.05, 3.63) is 225 Å². The number of furan rings is 1. The monoisotopic (exact) mass is 839 g/mol. The molecule has 0 amide bonds. The van der Waals surface area contributed by atoms with E-state index in [4.69, 9.17) is 14.4 Å². The maximum atomic E-state index is 6.04. The molecule has 0 spiro atoms. The van der Waals surface area contributed by atoms with Gasteiger partial charge in [-0.1, -0.05) is 135 Å². The highest BCUT2D eigenvalue weighted by Crippen LogP contribution is 2.37. The van der Waals surface area contributed by atoms with Crippen LogP contribution in [0.4, 0.5) is 11.6 Å². The Morgan fingerprint density at radius 2 is 1.35 bits per heavy atom. The average Bonchev–Trinajstić information content (AvgIpc) is 3.91. The zero-order chi connectivity index (χ0) is 43.7. The van der Waals surface area contributed by atoms with Crippen molar-refractivity contribution >= 4 is 61.1 Å². The van der Waals surface area contributed by atoms with E-state index in [9.17, 15) is 0 Å². The highest BCUT2D eigenvalue weighted by atomic mass is 16.3. The number of rotatable bonds is 11. The van der Waals surface area contributed by atoms with Gasteiger partial charge in [-0.3, -0.25) is 14.5 Å². The lowest BCUT2D eigenvalue weighted by atomic mass is 10.0. The van der Waals surface area contributed by atoms with E-state index in [1.54, 1.807) is 12.5 Å². The number of benzene rings is 6. The summed E-state index contributed by atoms with van der Waals surface area (Å²) in [5.41, 5.74) is 13.1. The van der Waals surface area contributed by atoms with E-state index in [-0.39, 0.29) is 0 Å². The van der Waals surface area contributed by atoms with Crippen LogP contribution in [0.25, 0.3) is 89.0 Å². The number of nitrogens with zero attached hydrogens (tertiary/aromatic N) is 7. The summed E-state index contributed by atoms with van der Waals surface area (Å²) in [5, 5.41) is 3.21. The van der Waals surface area contributed by atoms with Crippen LogP contribution in [0.2, 0.25) is 0 Å². The first kappa shape index (κ1) is 39.1. The largest absolute Gasteiger partial charge is 0.454 e. The Hall–Kier alpha value is -8.75. The van der Waals surface area contributed by atoms with Crippen molar-refractivity contribution in [1.29, 1.82) is 0 Å². The Morgan fingerprint density at radius 1 is 0.600 bits per heavy atom. The molecule has 6 aromatic carbocycles. The molecular weight excluding hydrogens is 799 g/mol. The van der Waals surface area contributed by atoms with Crippen molar-refractivity contribution in [1.82, 2.24) is 29.5 Å². The molecule has 0 aliphatic rings. The molecule has 0 radical (unpaired) electrons. The fourth-order valence-corrected chi connectivity index (χ4v) is 8.60. The van der Waals surface area contributed by atoms with Gasteiger partial charge in [0.2, 0.25) is 5.95 Å². The van der Waals surface area contributed by atoms with Gasteiger partial charge in [0.15, 0.2) is 11.4 Å². The third kappa shape index (κ3) is 7.43. The van der Waals surface area contributed by atoms with E-state index < -0.39 is 0 Å². The van der Waals surface area contributed by atoms with Gasteiger partial charge >= 0.3 is 0 Å². The normalized spacial score (nSPS) is 11.9. The van der Waals surface area contributed by atoms with Crippen molar-refractivity contribution in [3.8, 4) is 39.6 Å². The number of allylic oxidation sites excluding steroid dienone is 4. The molecule has 11 rings (SSSR count). The number of fused-ring (bicyclic) bond motifs is 6. The molecule has 5 aromatic heterocycles. The van der Waals surface area contributed by atoms with Gasteiger partial charge in [-0.2, -0.15) is 4.98 Å². The summed E-state index contributed by atoms with van der Waals surface area (Å²) in [6, 6.07) is 60.3. The first-order valence-corrected chi connectivity index (χ1v) is 21.7. The SMILES string of the molecule is C=C(/C=C\C(=C/CC)c1ccc2c3ccccc3n(-c3cc(-c4ccccc4)cc(-c4ccccc4)n3)c2c1)N(c1ccccc1)c1ncnc(-c2ccc3oc4cccnc4c3c2)n1. The summed E-state index contributed by atoms with van der Waals surface area (Å²) < 4.78 is 8.34. The first-order chi connectivity index (χ1) is 32.1. The molecule has 0 N–H and O–H groups in total. The number of aromatic nitrogens is 6. The van der Waals surface area contributed by atoms with Crippen LogP contribution in [0.15, 0.2) is 223 Å². The zero-order valence-corrected chi connectivity index (χ0v) is 35.6. The molecule has 0 atom stereocenters. The zero-order valence-electron chi connectivity index (χ0n) is 35.6. The van der Waals surface area contributed by atoms with Gasteiger partial charge in [-0.05, 0) is 101 Å². The summed E-state index contributed by atoms with van der Waals surface area (Å²) in [4.78, 5) is 26.2. The number of hydrogen-bond acceptors (Lipinski definition) is 7. The Kier molecular flexibility index (Phi) is 10.1. The number of pyridine rings is 2. The van der Waals surface area contributed by atoms with E-state index in [1.807, 2.05) is 77.7 Å². The number of anilines is 2. The van der Waals surface area contributed by atoms with Gasteiger partial charge in [-0.15, -0.1) is 0 Å². The molecule has 0 unspecified atom stereocenters. The van der Waals surface area contributed by atoms with E-state index in [0.717, 1.165) is 101 Å². The Morgan fingerprint density at radius 3 is 2.17 bits per heavy atom. The van der Waals surface area contributed by atoms with E-state index in [1.165, 1.54) is 0 Å². The highest BCUT2D eigenvalue weighted by Gasteiger charge is 2.19. The summed E-state index contributed by atoms with van der Waals surface area (Å²) in [6.07, 6.45) is 10.6. The first-order valence-electron chi connectivity index (χ1n) is 21.7. The lowest BCUT2D eigenvalue weighted by molar-refractivity contribution is 0.668. The lowest BCUT2D eigenvalue weighted by Gasteiger charge is -2.23. The second kappa shape index (κ2) is 16.8. The van der Waals surface area contributed by atoms with E-state index in [2.05, 4.69) is 154 Å². The van der Waals surface area contributed by atoms with Crippen LogP contribution in [0, 0.1) is 0 Å². The minimum absolute atomic E-state index is 0.443. The Bertz CT molecular complexity index is 3550. The van der Waals surface area contributed by atoms with E-state index in [0.29, 0.717) is 17.5 Å². The molecule has 0 bridgehead atoms. The molecule has 0 aliphatic carbocycles. The van der Waals surface area contributed by atoms with Crippen LogP contribution < -0.4 is 4.90 Å². The predicted octanol–water partition coefficient (Wildman–Crippen LogP) is 14.4. The van der Waals surface area contributed by atoms with Crippen LogP contribution >= 0.6 is 0 Å². The number of hydrogen-bond donors (Lipinski definition) is 0. The summed E-state index contributed by atoms with van der Waals surface area (Å²) in [6.45, 7) is 6.74. The van der Waals surface area contributed by atoms with Gasteiger partial charge in [0, 0.05) is 44.9 Å². The predicted molar refractivity (Wildman–Crippen MR) is 265 cm³/mol. The molecular formula is C57H41N7O. The van der Waals surface area contributed by atoms with Crippen molar-refractivity contribution in [3.63, 3.8) is 0 Å². The fourth-order valence-electron chi connectivity index (χ4n) is 8.60. The maximum Gasteiger partial charge on any atom is 0.238 e. The van der Waals surface area contributed by atoms with Crippen molar-refractivity contribution in [2.24, 2.45) is 0 Å². The van der Waals surface area contributed by atoms with Gasteiger partial charge in [-0.25, -0.2) is 15.0 Å². The molecule has 0 fully saturated rings. The van der Waals surface area contributed by atoms with Crippen molar-refractivity contribution in [2.45, 2.75) is 13.3 Å². The molecule has 5 heterocycles. The maximum absolute atomic E-state index is 6.04. The van der Waals surface area contributed by atoms with Gasteiger partial charge < -0.3 is 4.42 Å². The van der Waals surface area contributed by atoms with Crippen molar-refractivity contribution < 1.29 is 4.42 Å². The van der Waals surface area contributed by atoms with Crippen LogP contribution in [0.3, 0.4) is 0 Å². The minimum Gasteiger partial charge on any atom is -0.454 e. The molecule has 11 aromatic rings. The molecule has 0 aliphatic heterocycles. The molecule has 8 nitrogen and oxygen atoms in total. The van der Waals surface area contributed by atoms with Crippen LogP contribution in [0.1, 0.15) is 18.9 Å². The number of para-hydroxylation sites is 2. The molecule has 310 valence electrons. The van der Waals surface area contributed by atoms with Gasteiger partial charge in [0.1, 0.15) is 23.2 Å². The molecule has 65 heavy (non-hydrogen) atoms.